The summed E-state index contributed by atoms with van der Waals surface area (Å²) < 4.78 is 0. The zero-order valence-electron chi connectivity index (χ0n) is 12.8. The van der Waals surface area contributed by atoms with E-state index in [-0.39, 0.29) is 5.91 Å². The van der Waals surface area contributed by atoms with E-state index >= 15 is 0 Å². The molecule has 3 nitrogen and oxygen atoms in total. The molecule has 0 atom stereocenters. The number of carbonyl (C=O) groups is 1. The molecule has 1 aromatic carbocycles. The van der Waals surface area contributed by atoms with Crippen LogP contribution in [0.25, 0.3) is 0 Å². The average Bonchev–Trinajstić information content (AvgIpc) is 2.42. The van der Waals surface area contributed by atoms with Crippen LogP contribution >= 0.6 is 0 Å². The van der Waals surface area contributed by atoms with Crippen molar-refractivity contribution in [2.45, 2.75) is 46.5 Å². The van der Waals surface area contributed by atoms with Crippen molar-refractivity contribution in [2.24, 2.45) is 11.8 Å². The van der Waals surface area contributed by atoms with E-state index in [0.29, 0.717) is 17.2 Å². The summed E-state index contributed by atoms with van der Waals surface area (Å²) in [6.07, 6.45) is 5.04. The molecule has 0 unspecified atom stereocenters. The molecule has 0 heterocycles. The highest BCUT2D eigenvalue weighted by molar-refractivity contribution is 5.96. The predicted molar refractivity (Wildman–Crippen MR) is 83.8 cm³/mol. The van der Waals surface area contributed by atoms with E-state index in [2.05, 4.69) is 12.2 Å². The number of hydrogen-bond acceptors (Lipinski definition) is 2. The summed E-state index contributed by atoms with van der Waals surface area (Å²) in [6.45, 7) is 7.03. The van der Waals surface area contributed by atoms with E-state index in [1.165, 1.54) is 25.7 Å². The van der Waals surface area contributed by atoms with Gasteiger partial charge in [0.15, 0.2) is 0 Å². The van der Waals surface area contributed by atoms with Gasteiger partial charge in [-0.25, -0.2) is 0 Å². The number of nitrogens with two attached hydrogens (primary N) is 1. The molecule has 110 valence electrons. The molecule has 3 heteroatoms. The Hall–Kier alpha value is -1.51. The summed E-state index contributed by atoms with van der Waals surface area (Å²) in [5.41, 5.74) is 9.31. The lowest BCUT2D eigenvalue weighted by molar-refractivity contribution is 0.0941. The zero-order valence-corrected chi connectivity index (χ0v) is 12.8. The average molecular weight is 274 g/mol. The summed E-state index contributed by atoms with van der Waals surface area (Å²) in [5, 5.41) is 3.08. The third-order valence-corrected chi connectivity index (χ3v) is 4.54. The fourth-order valence-electron chi connectivity index (χ4n) is 2.98. The number of amides is 1. The van der Waals surface area contributed by atoms with E-state index in [9.17, 15) is 4.79 Å². The summed E-state index contributed by atoms with van der Waals surface area (Å²) >= 11 is 0. The van der Waals surface area contributed by atoms with Crippen LogP contribution in [0.3, 0.4) is 0 Å². The monoisotopic (exact) mass is 274 g/mol. The number of nitrogen functional groups attached to an aromatic ring is 1. The molecule has 1 amide bonds. The number of aryl methyl sites for hydroxylation is 2. The van der Waals surface area contributed by atoms with Crippen LogP contribution in [0.2, 0.25) is 0 Å². The Morgan fingerprint density at radius 3 is 2.50 bits per heavy atom. The third-order valence-electron chi connectivity index (χ3n) is 4.54. The van der Waals surface area contributed by atoms with Crippen molar-refractivity contribution in [3.05, 3.63) is 28.8 Å². The van der Waals surface area contributed by atoms with Crippen LogP contribution in [0.15, 0.2) is 12.1 Å². The van der Waals surface area contributed by atoms with Crippen molar-refractivity contribution in [1.29, 1.82) is 0 Å². The first-order valence-corrected chi connectivity index (χ1v) is 7.62. The first-order valence-electron chi connectivity index (χ1n) is 7.62. The molecule has 0 bridgehead atoms. The van der Waals surface area contributed by atoms with Gasteiger partial charge in [-0.15, -0.1) is 0 Å². The fourth-order valence-corrected chi connectivity index (χ4v) is 2.98. The quantitative estimate of drug-likeness (QED) is 0.830. The number of rotatable bonds is 3. The van der Waals surface area contributed by atoms with Crippen molar-refractivity contribution in [3.63, 3.8) is 0 Å². The minimum Gasteiger partial charge on any atom is -0.398 e. The lowest BCUT2D eigenvalue weighted by Crippen LogP contribution is -2.31. The maximum Gasteiger partial charge on any atom is 0.251 e. The van der Waals surface area contributed by atoms with Gasteiger partial charge in [0.05, 0.1) is 0 Å². The Balaban J connectivity index is 1.93. The summed E-state index contributed by atoms with van der Waals surface area (Å²) in [7, 11) is 0. The highest BCUT2D eigenvalue weighted by Crippen LogP contribution is 2.27. The third kappa shape index (κ3) is 3.53. The molecule has 0 radical (unpaired) electrons. The van der Waals surface area contributed by atoms with E-state index in [1.54, 1.807) is 6.07 Å². The molecule has 20 heavy (non-hydrogen) atoms. The number of carbonyl (C=O) groups excluding carboxylic acids is 1. The molecule has 1 aliphatic carbocycles. The minimum absolute atomic E-state index is 0.00724. The molecule has 3 N–H and O–H groups in total. The van der Waals surface area contributed by atoms with Gasteiger partial charge < -0.3 is 11.1 Å². The second-order valence-corrected chi connectivity index (χ2v) is 6.36. The summed E-state index contributed by atoms with van der Waals surface area (Å²) in [5.74, 6) is 1.49. The maximum absolute atomic E-state index is 12.3. The highest BCUT2D eigenvalue weighted by atomic mass is 16.1. The summed E-state index contributed by atoms with van der Waals surface area (Å²) in [6, 6.07) is 3.77. The van der Waals surface area contributed by atoms with E-state index in [0.717, 1.165) is 23.6 Å². The number of nitrogens with one attached hydrogen (secondary N) is 1. The van der Waals surface area contributed by atoms with Gasteiger partial charge in [0.2, 0.25) is 0 Å². The van der Waals surface area contributed by atoms with Crippen LogP contribution < -0.4 is 11.1 Å². The largest absolute Gasteiger partial charge is 0.398 e. The van der Waals surface area contributed by atoms with Crippen molar-refractivity contribution >= 4 is 11.6 Å². The van der Waals surface area contributed by atoms with Gasteiger partial charge in [-0.1, -0.05) is 25.8 Å². The molecule has 1 saturated carbocycles. The molecule has 1 aromatic rings. The fraction of sp³-hybridized carbons (Fsp3) is 0.588. The first kappa shape index (κ1) is 14.9. The molecule has 0 saturated heterocycles. The molecular weight excluding hydrogens is 248 g/mol. The van der Waals surface area contributed by atoms with Gasteiger partial charge >= 0.3 is 0 Å². The lowest BCUT2D eigenvalue weighted by atomic mass is 9.83. The van der Waals surface area contributed by atoms with Crippen LogP contribution in [0.4, 0.5) is 5.69 Å². The molecule has 2 rings (SSSR count). The Morgan fingerprint density at radius 2 is 1.85 bits per heavy atom. The van der Waals surface area contributed by atoms with Crippen LogP contribution in [-0.4, -0.2) is 12.5 Å². The first-order chi connectivity index (χ1) is 9.47. The highest BCUT2D eigenvalue weighted by Gasteiger charge is 2.19. The number of benzene rings is 1. The SMILES string of the molecule is Cc1cc(C)c(C(=O)NCC2CCC(C)CC2)cc1N. The molecule has 0 aromatic heterocycles. The molecule has 0 spiro atoms. The second-order valence-electron chi connectivity index (χ2n) is 6.36. The molecule has 1 aliphatic rings. The summed E-state index contributed by atoms with van der Waals surface area (Å²) in [4.78, 5) is 12.3. The molecular formula is C17H26N2O. The van der Waals surface area contributed by atoms with Gasteiger partial charge in [0.25, 0.3) is 5.91 Å². The number of hydrogen-bond donors (Lipinski definition) is 2. The zero-order chi connectivity index (χ0) is 14.7. The van der Waals surface area contributed by atoms with Crippen LogP contribution in [0, 0.1) is 25.7 Å². The van der Waals surface area contributed by atoms with Gasteiger partial charge in [-0.05, 0) is 55.7 Å². The second kappa shape index (κ2) is 6.29. The van der Waals surface area contributed by atoms with E-state index in [4.69, 9.17) is 5.73 Å². The lowest BCUT2D eigenvalue weighted by Gasteiger charge is -2.26. The Kier molecular flexibility index (Phi) is 4.69. The minimum atomic E-state index is 0.00724. The van der Waals surface area contributed by atoms with Gasteiger partial charge in [-0.2, -0.15) is 0 Å². The van der Waals surface area contributed by atoms with Crippen LogP contribution in [0.5, 0.6) is 0 Å². The van der Waals surface area contributed by atoms with E-state index in [1.807, 2.05) is 19.9 Å². The van der Waals surface area contributed by atoms with Gasteiger partial charge in [0, 0.05) is 17.8 Å². The topological polar surface area (TPSA) is 55.1 Å². The Labute approximate surface area is 121 Å². The maximum atomic E-state index is 12.3. The molecule has 0 aliphatic heterocycles. The molecule has 1 fully saturated rings. The van der Waals surface area contributed by atoms with E-state index < -0.39 is 0 Å². The smallest absolute Gasteiger partial charge is 0.251 e. The Bertz CT molecular complexity index is 488. The van der Waals surface area contributed by atoms with Crippen LogP contribution in [-0.2, 0) is 0 Å². The van der Waals surface area contributed by atoms with Gasteiger partial charge in [0.1, 0.15) is 0 Å². The van der Waals surface area contributed by atoms with Crippen LogP contribution in [0.1, 0.15) is 54.1 Å². The normalized spacial score (nSPS) is 22.6. The van der Waals surface area contributed by atoms with Crippen molar-refractivity contribution in [1.82, 2.24) is 5.32 Å². The standard InChI is InChI=1S/C17H26N2O/c1-11-4-6-14(7-5-11)10-19-17(20)15-9-16(18)13(3)8-12(15)2/h8-9,11,14H,4-7,10,18H2,1-3H3,(H,19,20). The number of anilines is 1. The van der Waals surface area contributed by atoms with Crippen molar-refractivity contribution < 1.29 is 4.79 Å². The Morgan fingerprint density at radius 1 is 1.20 bits per heavy atom. The van der Waals surface area contributed by atoms with Crippen molar-refractivity contribution in [3.8, 4) is 0 Å². The predicted octanol–water partition coefficient (Wildman–Crippen LogP) is 3.44. The van der Waals surface area contributed by atoms with Crippen molar-refractivity contribution in [2.75, 3.05) is 12.3 Å². The van der Waals surface area contributed by atoms with Gasteiger partial charge in [-0.3, -0.25) is 4.79 Å².